The van der Waals surface area contributed by atoms with E-state index in [9.17, 15) is 26.3 Å². The van der Waals surface area contributed by atoms with Crippen molar-refractivity contribution in [3.05, 3.63) is 24.8 Å². The van der Waals surface area contributed by atoms with Gasteiger partial charge in [0.2, 0.25) is 0 Å². The number of carbonyl (C=O) groups is 1. The third-order valence-electron chi connectivity index (χ3n) is 1.13. The third-order valence-corrected chi connectivity index (χ3v) is 1.13. The van der Waals surface area contributed by atoms with Gasteiger partial charge in [-0.2, -0.15) is 13.2 Å². The lowest BCUT2D eigenvalue weighted by Crippen LogP contribution is -2.46. The first-order valence-corrected chi connectivity index (χ1v) is 3.72. The second-order valence-corrected chi connectivity index (χ2v) is 2.42. The van der Waals surface area contributed by atoms with Gasteiger partial charge in [-0.05, 0) is 0 Å². The maximum absolute atomic E-state index is 11.7. The summed E-state index contributed by atoms with van der Waals surface area (Å²) in [5, 5.41) is 8.78. The molecular weight excluding hydrogens is 258 g/mol. The highest BCUT2D eigenvalue weighted by molar-refractivity contribution is 5.70. The Morgan fingerprint density at radius 3 is 1.82 bits per heavy atom. The topological polar surface area (TPSA) is 56.9 Å². The highest BCUT2D eigenvalue weighted by Gasteiger charge is 2.35. The molecule has 10 heteroatoms. The van der Waals surface area contributed by atoms with Crippen LogP contribution < -0.4 is 9.67 Å². The summed E-state index contributed by atoms with van der Waals surface area (Å²) in [6.07, 6.45) is -6.66. The van der Waals surface area contributed by atoms with Crippen LogP contribution in [-0.4, -0.2) is 17.1 Å². The molecule has 17 heavy (non-hydrogen) atoms. The van der Waals surface area contributed by atoms with Crippen LogP contribution in [0.5, 0.6) is 0 Å². The van der Waals surface area contributed by atoms with Crippen LogP contribution in [0.3, 0.4) is 0 Å². The molecule has 0 spiro atoms. The molecule has 96 valence electrons. The first kappa shape index (κ1) is 15.1. The molecule has 0 aliphatic carbocycles. The van der Waals surface area contributed by atoms with E-state index in [4.69, 9.17) is 9.90 Å². The highest BCUT2D eigenvalue weighted by atomic mass is 19.4. The van der Waals surface area contributed by atoms with Crippen molar-refractivity contribution in [2.75, 3.05) is 0 Å². The lowest BCUT2D eigenvalue weighted by atomic mass is 10.7. The Morgan fingerprint density at radius 1 is 1.18 bits per heavy atom. The smallest absolute Gasteiger partial charge is 0.542 e. The molecule has 0 bridgehead atoms. The molecule has 0 N–H and O–H groups in total. The lowest BCUT2D eigenvalue weighted by Gasteiger charge is -2.03. The zero-order chi connectivity index (χ0) is 13.7. The Morgan fingerprint density at radius 2 is 1.65 bits per heavy atom. The van der Waals surface area contributed by atoms with Crippen LogP contribution in [0.25, 0.3) is 0 Å². The minimum atomic E-state index is -5.19. The van der Waals surface area contributed by atoms with E-state index >= 15 is 0 Å². The Bertz CT molecular complexity index is 361. The predicted molar refractivity (Wildman–Crippen MR) is 36.8 cm³/mol. The maximum atomic E-state index is 11.7. The molecule has 0 aliphatic rings. The number of nitrogens with zero attached hydrogens (tertiary/aromatic N) is 2. The van der Waals surface area contributed by atoms with E-state index in [2.05, 4.69) is 4.98 Å². The number of halogens is 6. The minimum absolute atomic E-state index is 0.0764. The van der Waals surface area contributed by atoms with Crippen molar-refractivity contribution >= 4 is 5.97 Å². The molecule has 0 radical (unpaired) electrons. The molecule has 1 heterocycles. The summed E-state index contributed by atoms with van der Waals surface area (Å²) in [6, 6.07) is 1.22. The molecule has 0 atom stereocenters. The van der Waals surface area contributed by atoms with Gasteiger partial charge in [0.1, 0.15) is 18.4 Å². The molecule has 0 unspecified atom stereocenters. The van der Waals surface area contributed by atoms with Crippen LogP contribution in [-0.2, 0) is 11.1 Å². The quantitative estimate of drug-likeness (QED) is 0.493. The fourth-order valence-corrected chi connectivity index (χ4v) is 0.480. The number of hydrogen-bond acceptors (Lipinski definition) is 3. The zero-order valence-corrected chi connectivity index (χ0v) is 7.79. The first-order chi connectivity index (χ1) is 7.55. The summed E-state index contributed by atoms with van der Waals surface area (Å²) in [6.45, 7) is 0. The van der Waals surface area contributed by atoms with Crippen molar-refractivity contribution in [3.63, 3.8) is 0 Å². The summed E-state index contributed by atoms with van der Waals surface area (Å²) in [7, 11) is 0. The number of aliphatic carboxylic acids is 1. The molecule has 1 rings (SSSR count). The van der Waals surface area contributed by atoms with E-state index in [1.165, 1.54) is 12.3 Å². The van der Waals surface area contributed by atoms with Crippen molar-refractivity contribution in [2.24, 2.45) is 0 Å². The van der Waals surface area contributed by atoms with E-state index in [0.29, 0.717) is 6.33 Å². The van der Waals surface area contributed by atoms with E-state index in [0.717, 1.165) is 6.20 Å². The number of carboxylic acids is 1. The van der Waals surface area contributed by atoms with Gasteiger partial charge >= 0.3 is 12.5 Å². The average molecular weight is 262 g/mol. The van der Waals surface area contributed by atoms with Gasteiger partial charge in [0.15, 0.2) is 0 Å². The zero-order valence-electron chi connectivity index (χ0n) is 7.79. The molecule has 0 aromatic carbocycles. The lowest BCUT2D eigenvalue weighted by molar-refractivity contribution is -0.856. The van der Waals surface area contributed by atoms with Crippen molar-refractivity contribution in [1.29, 1.82) is 0 Å². The average Bonchev–Trinajstić information content (AvgIpc) is 2.17. The molecule has 1 aromatic heterocycles. The first-order valence-electron chi connectivity index (χ1n) is 3.72. The normalized spacial score (nSPS) is 11.4. The van der Waals surface area contributed by atoms with Gasteiger partial charge in [-0.25, -0.2) is 0 Å². The fourth-order valence-electron chi connectivity index (χ4n) is 0.480. The number of aromatic nitrogens is 2. The highest BCUT2D eigenvalue weighted by Crippen LogP contribution is 2.12. The summed E-state index contributed by atoms with van der Waals surface area (Å²) < 4.78 is 66.8. The van der Waals surface area contributed by atoms with Gasteiger partial charge in [0, 0.05) is 6.07 Å². The molecule has 0 aliphatic heterocycles. The largest absolute Gasteiger partial charge is 0.567 e. The van der Waals surface area contributed by atoms with Crippen LogP contribution in [0.2, 0.25) is 0 Å². The molecule has 0 amide bonds. The van der Waals surface area contributed by atoms with Gasteiger partial charge in [0.05, 0.1) is 0 Å². The number of rotatable bonds is 0. The fraction of sp³-hybridized carbons (Fsp3) is 0.286. The van der Waals surface area contributed by atoms with Crippen LogP contribution in [0.15, 0.2) is 24.8 Å². The van der Waals surface area contributed by atoms with Gasteiger partial charge in [-0.15, -0.1) is 17.7 Å². The van der Waals surface area contributed by atoms with E-state index < -0.39 is 18.4 Å². The van der Waals surface area contributed by atoms with Crippen molar-refractivity contribution in [1.82, 2.24) is 4.98 Å². The summed E-state index contributed by atoms with van der Waals surface area (Å²) in [5.41, 5.74) is 0. The Balaban J connectivity index is 0.000000325. The molecule has 4 nitrogen and oxygen atoms in total. The summed E-state index contributed by atoms with van der Waals surface area (Å²) >= 11 is 0. The van der Waals surface area contributed by atoms with Crippen molar-refractivity contribution in [2.45, 2.75) is 12.5 Å². The Labute approximate surface area is 90.1 Å². The molecular formula is C7H4F6N2O2. The van der Waals surface area contributed by atoms with Gasteiger partial charge in [-0.1, -0.05) is 4.98 Å². The standard InChI is InChI=1S/C5H4F3N2.C2HF3O2/c6-5(7,8)10-3-1-2-9-4-10;3-2(4,5)1(6)7/h1-4H;(H,6,7)/q+1;/p-1. The van der Waals surface area contributed by atoms with Crippen molar-refractivity contribution < 1.29 is 40.8 Å². The summed E-state index contributed by atoms with van der Waals surface area (Å²) in [5.74, 6) is -3.01. The minimum Gasteiger partial charge on any atom is -0.542 e. The van der Waals surface area contributed by atoms with Crippen LogP contribution in [0.1, 0.15) is 0 Å². The Kier molecular flexibility index (Phi) is 4.86. The maximum Gasteiger partial charge on any atom is 0.567 e. The molecule has 0 saturated carbocycles. The molecule has 1 aromatic rings. The van der Waals surface area contributed by atoms with Gasteiger partial charge < -0.3 is 9.90 Å². The van der Waals surface area contributed by atoms with Crippen molar-refractivity contribution in [3.8, 4) is 0 Å². The number of carbonyl (C=O) groups excluding carboxylic acids is 1. The van der Waals surface area contributed by atoms with E-state index in [1.807, 2.05) is 0 Å². The Hall–Kier alpha value is -1.87. The van der Waals surface area contributed by atoms with Crippen LogP contribution in [0, 0.1) is 0 Å². The third kappa shape index (κ3) is 6.33. The van der Waals surface area contributed by atoms with Crippen LogP contribution in [0.4, 0.5) is 26.3 Å². The summed E-state index contributed by atoms with van der Waals surface area (Å²) in [4.78, 5) is 12.1. The second kappa shape index (κ2) is 5.46. The van der Waals surface area contributed by atoms with Gasteiger partial charge in [-0.3, -0.25) is 0 Å². The number of alkyl halides is 6. The van der Waals surface area contributed by atoms with Gasteiger partial charge in [0.25, 0.3) is 6.33 Å². The number of carboxylic acid groups (broad SMARTS) is 1. The molecule has 0 fully saturated rings. The number of hydrogen-bond donors (Lipinski definition) is 0. The van der Waals surface area contributed by atoms with E-state index in [-0.39, 0.29) is 4.57 Å². The molecule has 0 saturated heterocycles. The van der Waals surface area contributed by atoms with E-state index in [1.54, 1.807) is 0 Å². The van der Waals surface area contributed by atoms with Crippen LogP contribution >= 0.6 is 0 Å². The SMILES string of the molecule is FC(F)(F)[n+]1cccnc1.O=C([O-])C(F)(F)F. The monoisotopic (exact) mass is 262 g/mol. The predicted octanol–water partition coefficient (Wildman–Crippen LogP) is 0.144. The second-order valence-electron chi connectivity index (χ2n) is 2.42.